The molecule has 1 N–H and O–H groups in total. The van der Waals surface area contributed by atoms with E-state index in [1.165, 1.54) is 17.3 Å². The SMILES string of the molecule is COc1ccc2c(c1)N(C)C(=C1SC(=Nc3ccc(C)c(C)c3)N(c3ccc(O)cc3)C1=O)S2. The highest BCUT2D eigenvalue weighted by Gasteiger charge is 2.40. The molecule has 2 aliphatic rings. The average Bonchev–Trinajstić information content (AvgIpc) is 3.32. The molecule has 0 bridgehead atoms. The number of fused-ring (bicyclic) bond motifs is 1. The normalized spacial score (nSPS) is 18.7. The highest BCUT2D eigenvalue weighted by molar-refractivity contribution is 8.20. The fraction of sp³-hybridized carbons (Fsp3) is 0.154. The minimum Gasteiger partial charge on any atom is -0.508 e. The first-order valence-electron chi connectivity index (χ1n) is 10.7. The number of rotatable bonds is 3. The zero-order valence-corrected chi connectivity index (χ0v) is 20.8. The molecule has 0 unspecified atom stereocenters. The summed E-state index contributed by atoms with van der Waals surface area (Å²) in [5.41, 5.74) is 4.76. The van der Waals surface area contributed by atoms with Gasteiger partial charge in [0.05, 0.1) is 29.2 Å². The van der Waals surface area contributed by atoms with Crippen molar-refractivity contribution in [3.8, 4) is 11.5 Å². The average molecular weight is 490 g/mol. The lowest BCUT2D eigenvalue weighted by Crippen LogP contribution is -2.29. The highest BCUT2D eigenvalue weighted by atomic mass is 32.2. The number of amidine groups is 1. The van der Waals surface area contributed by atoms with Crippen LogP contribution in [-0.4, -0.2) is 30.3 Å². The fourth-order valence-corrected chi connectivity index (χ4v) is 6.09. The molecule has 1 amide bonds. The number of anilines is 2. The second-order valence-corrected chi connectivity index (χ2v) is 10.1. The number of aliphatic imine (C=N–C) groups is 1. The smallest absolute Gasteiger partial charge is 0.274 e. The zero-order chi connectivity index (χ0) is 24.0. The van der Waals surface area contributed by atoms with Crippen molar-refractivity contribution in [2.75, 3.05) is 24.0 Å². The van der Waals surface area contributed by atoms with Crippen molar-refractivity contribution in [2.24, 2.45) is 4.99 Å². The van der Waals surface area contributed by atoms with Crippen molar-refractivity contribution >= 4 is 51.7 Å². The topological polar surface area (TPSA) is 65.4 Å². The van der Waals surface area contributed by atoms with Crippen LogP contribution in [0.15, 0.2) is 80.5 Å². The van der Waals surface area contributed by atoms with Crippen molar-refractivity contribution in [1.29, 1.82) is 0 Å². The monoisotopic (exact) mass is 489 g/mol. The van der Waals surface area contributed by atoms with Gasteiger partial charge in [-0.2, -0.15) is 0 Å². The van der Waals surface area contributed by atoms with Crippen LogP contribution in [0, 0.1) is 13.8 Å². The number of aryl methyl sites for hydroxylation is 2. The summed E-state index contributed by atoms with van der Waals surface area (Å²) in [6.45, 7) is 4.11. The minimum atomic E-state index is -0.146. The number of carbonyl (C=O) groups excluding carboxylic acids is 1. The van der Waals surface area contributed by atoms with Crippen molar-refractivity contribution in [2.45, 2.75) is 18.7 Å². The second kappa shape index (κ2) is 8.77. The fourth-order valence-electron chi connectivity index (χ4n) is 3.77. The first kappa shape index (κ1) is 22.4. The Hall–Kier alpha value is -3.36. The van der Waals surface area contributed by atoms with Gasteiger partial charge in [0.1, 0.15) is 16.4 Å². The quantitative estimate of drug-likeness (QED) is 0.442. The third kappa shape index (κ3) is 3.93. The molecule has 0 spiro atoms. The van der Waals surface area contributed by atoms with Gasteiger partial charge in [0.15, 0.2) is 5.17 Å². The van der Waals surface area contributed by atoms with Crippen LogP contribution in [-0.2, 0) is 4.79 Å². The van der Waals surface area contributed by atoms with Gasteiger partial charge in [-0.05, 0) is 85.3 Å². The van der Waals surface area contributed by atoms with Gasteiger partial charge in [0.2, 0.25) is 0 Å². The Morgan fingerprint density at radius 3 is 2.41 bits per heavy atom. The number of methoxy groups -OCH3 is 1. The van der Waals surface area contributed by atoms with E-state index in [0.29, 0.717) is 15.8 Å². The summed E-state index contributed by atoms with van der Waals surface area (Å²) in [7, 11) is 3.60. The van der Waals surface area contributed by atoms with Gasteiger partial charge in [-0.25, -0.2) is 4.99 Å². The number of hydrogen-bond donors (Lipinski definition) is 1. The molecular weight excluding hydrogens is 466 g/mol. The van der Waals surface area contributed by atoms with Crippen LogP contribution in [0.5, 0.6) is 11.5 Å². The number of phenols is 1. The summed E-state index contributed by atoms with van der Waals surface area (Å²) >= 11 is 2.93. The predicted octanol–water partition coefficient (Wildman–Crippen LogP) is 6.20. The van der Waals surface area contributed by atoms with Crippen molar-refractivity contribution in [3.63, 3.8) is 0 Å². The van der Waals surface area contributed by atoms with Crippen LogP contribution in [0.1, 0.15) is 11.1 Å². The zero-order valence-electron chi connectivity index (χ0n) is 19.2. The Bertz CT molecular complexity index is 1370. The van der Waals surface area contributed by atoms with E-state index in [1.54, 1.807) is 48.0 Å². The maximum Gasteiger partial charge on any atom is 0.274 e. The maximum absolute atomic E-state index is 13.8. The number of phenolic OH excluding ortho intramolecular Hbond substituents is 1. The van der Waals surface area contributed by atoms with E-state index in [1.807, 2.05) is 55.3 Å². The molecule has 0 saturated carbocycles. The Balaban J connectivity index is 1.60. The summed E-state index contributed by atoms with van der Waals surface area (Å²) in [5.74, 6) is 0.766. The Morgan fingerprint density at radius 2 is 1.71 bits per heavy atom. The van der Waals surface area contributed by atoms with E-state index < -0.39 is 0 Å². The van der Waals surface area contributed by atoms with Crippen LogP contribution in [0.25, 0.3) is 0 Å². The van der Waals surface area contributed by atoms with Crippen LogP contribution < -0.4 is 14.5 Å². The number of carbonyl (C=O) groups is 1. The van der Waals surface area contributed by atoms with E-state index in [2.05, 4.69) is 6.92 Å². The molecule has 0 atom stereocenters. The number of amides is 1. The van der Waals surface area contributed by atoms with Gasteiger partial charge >= 0.3 is 0 Å². The van der Waals surface area contributed by atoms with E-state index in [-0.39, 0.29) is 11.7 Å². The summed E-state index contributed by atoms with van der Waals surface area (Å²) in [4.78, 5) is 23.9. The number of ether oxygens (including phenoxy) is 1. The minimum absolute atomic E-state index is 0.143. The number of thioether (sulfide) groups is 2. The Morgan fingerprint density at radius 1 is 0.941 bits per heavy atom. The molecule has 2 heterocycles. The molecule has 0 radical (unpaired) electrons. The maximum atomic E-state index is 13.8. The van der Waals surface area contributed by atoms with Crippen molar-refractivity contribution in [3.05, 3.63) is 81.7 Å². The van der Waals surface area contributed by atoms with Gasteiger partial charge in [-0.15, -0.1) is 0 Å². The molecule has 1 fully saturated rings. The molecule has 6 nitrogen and oxygen atoms in total. The molecule has 8 heteroatoms. The van der Waals surface area contributed by atoms with E-state index in [0.717, 1.165) is 32.6 Å². The summed E-state index contributed by atoms with van der Waals surface area (Å²) in [6, 6.07) is 18.5. The van der Waals surface area contributed by atoms with Gasteiger partial charge in [0.25, 0.3) is 5.91 Å². The number of hydrogen-bond acceptors (Lipinski definition) is 7. The largest absolute Gasteiger partial charge is 0.508 e. The van der Waals surface area contributed by atoms with Crippen LogP contribution in [0.2, 0.25) is 0 Å². The predicted molar refractivity (Wildman–Crippen MR) is 140 cm³/mol. The third-order valence-corrected chi connectivity index (χ3v) is 8.23. The van der Waals surface area contributed by atoms with Crippen LogP contribution >= 0.6 is 23.5 Å². The van der Waals surface area contributed by atoms with Crippen molar-refractivity contribution in [1.82, 2.24) is 0 Å². The van der Waals surface area contributed by atoms with Gasteiger partial charge in [-0.1, -0.05) is 17.8 Å². The summed E-state index contributed by atoms with van der Waals surface area (Å²) in [5, 5.41) is 11.2. The lowest BCUT2D eigenvalue weighted by atomic mass is 10.1. The number of aromatic hydroxyl groups is 1. The molecule has 2 aliphatic heterocycles. The second-order valence-electron chi connectivity index (χ2n) is 8.05. The Labute approximate surface area is 206 Å². The molecule has 172 valence electrons. The third-order valence-electron chi connectivity index (χ3n) is 5.84. The lowest BCUT2D eigenvalue weighted by Gasteiger charge is -2.17. The van der Waals surface area contributed by atoms with Crippen LogP contribution in [0.4, 0.5) is 17.1 Å². The van der Waals surface area contributed by atoms with Gasteiger partial charge in [0, 0.05) is 18.0 Å². The molecular formula is C26H23N3O3S2. The molecule has 5 rings (SSSR count). The first-order chi connectivity index (χ1) is 16.4. The molecule has 3 aromatic rings. The van der Waals surface area contributed by atoms with Crippen LogP contribution in [0.3, 0.4) is 0 Å². The molecule has 3 aromatic carbocycles. The summed E-state index contributed by atoms with van der Waals surface area (Å²) < 4.78 is 5.38. The molecule has 1 saturated heterocycles. The van der Waals surface area contributed by atoms with E-state index >= 15 is 0 Å². The highest BCUT2D eigenvalue weighted by Crippen LogP contribution is 2.51. The standard InChI is InChI=1S/C26H23N3O3S2/c1-15-5-6-17(13-16(15)2)27-26-29(18-7-9-19(30)10-8-18)24(31)23(34-26)25-28(3)21-14-20(32-4)11-12-22(21)33-25/h5-14,30H,1-4H3. The lowest BCUT2D eigenvalue weighted by molar-refractivity contribution is -0.113. The number of benzene rings is 3. The van der Waals surface area contributed by atoms with Gasteiger partial charge in [-0.3, -0.25) is 9.69 Å². The molecule has 0 aliphatic carbocycles. The van der Waals surface area contributed by atoms with E-state index in [9.17, 15) is 9.90 Å². The van der Waals surface area contributed by atoms with Gasteiger partial charge < -0.3 is 14.7 Å². The molecule has 34 heavy (non-hydrogen) atoms. The van der Waals surface area contributed by atoms with Crippen molar-refractivity contribution < 1.29 is 14.6 Å². The Kier molecular flexibility index (Phi) is 5.79. The number of nitrogens with zero attached hydrogens (tertiary/aromatic N) is 3. The van der Waals surface area contributed by atoms with E-state index in [4.69, 9.17) is 9.73 Å². The first-order valence-corrected chi connectivity index (χ1v) is 12.3. The summed E-state index contributed by atoms with van der Waals surface area (Å²) in [6.07, 6.45) is 0. The molecule has 0 aromatic heterocycles.